The summed E-state index contributed by atoms with van der Waals surface area (Å²) < 4.78 is 0. The molecule has 0 N–H and O–H groups in total. The summed E-state index contributed by atoms with van der Waals surface area (Å²) in [5, 5.41) is 8.64. The van der Waals surface area contributed by atoms with Gasteiger partial charge in [-0.1, -0.05) is 12.1 Å². The number of carbonyl (C=O) groups excluding carboxylic acids is 1. The van der Waals surface area contributed by atoms with Gasteiger partial charge in [0.05, 0.1) is 6.04 Å². The van der Waals surface area contributed by atoms with Crippen LogP contribution in [0.3, 0.4) is 0 Å². The van der Waals surface area contributed by atoms with Gasteiger partial charge in [-0.2, -0.15) is 15.0 Å². The van der Waals surface area contributed by atoms with Crippen LogP contribution < -0.4 is 0 Å². The summed E-state index contributed by atoms with van der Waals surface area (Å²) in [7, 11) is 0. The largest absolute Gasteiger partial charge is 0.300 e. The van der Waals surface area contributed by atoms with Crippen LogP contribution in [0.1, 0.15) is 26.3 Å². The van der Waals surface area contributed by atoms with Crippen LogP contribution in [-0.2, 0) is 4.79 Å². The Kier molecular flexibility index (Phi) is 2.49. The van der Waals surface area contributed by atoms with Crippen molar-refractivity contribution in [3.8, 4) is 0 Å². The molecule has 4 nitrogen and oxygen atoms in total. The monoisotopic (exact) mass is 203 g/mol. The second-order valence-corrected chi connectivity index (χ2v) is 3.76. The lowest BCUT2D eigenvalue weighted by atomic mass is 10.2. The van der Waals surface area contributed by atoms with E-state index >= 15 is 0 Å². The third kappa shape index (κ3) is 2.03. The number of benzene rings is 1. The molecule has 1 aromatic heterocycles. The lowest BCUT2D eigenvalue weighted by Crippen LogP contribution is -2.11. The maximum Gasteiger partial charge on any atom is 0.132 e. The number of rotatable bonds is 3. The maximum atomic E-state index is 11.0. The third-order valence-electron chi connectivity index (χ3n) is 2.28. The Morgan fingerprint density at radius 1 is 1.33 bits per heavy atom. The Labute approximate surface area is 87.9 Å². The van der Waals surface area contributed by atoms with E-state index in [0.29, 0.717) is 6.42 Å². The van der Waals surface area contributed by atoms with Crippen LogP contribution in [0.15, 0.2) is 24.3 Å². The minimum absolute atomic E-state index is 0.0231. The predicted octanol–water partition coefficient (Wildman–Crippen LogP) is 1.97. The quantitative estimate of drug-likeness (QED) is 0.766. The van der Waals surface area contributed by atoms with Crippen LogP contribution in [0.25, 0.3) is 11.0 Å². The Hall–Kier alpha value is -1.71. The van der Waals surface area contributed by atoms with Gasteiger partial charge in [0.1, 0.15) is 16.8 Å². The minimum atomic E-state index is 0.0231. The highest BCUT2D eigenvalue weighted by Crippen LogP contribution is 2.13. The van der Waals surface area contributed by atoms with Crippen molar-refractivity contribution in [2.75, 3.05) is 0 Å². The Balaban J connectivity index is 2.32. The molecular formula is C11H13N3O. The van der Waals surface area contributed by atoms with Gasteiger partial charge in [-0.3, -0.25) is 4.79 Å². The lowest BCUT2D eigenvalue weighted by Gasteiger charge is -2.06. The molecule has 0 amide bonds. The third-order valence-corrected chi connectivity index (χ3v) is 2.28. The number of fused-ring (bicyclic) bond motifs is 1. The van der Waals surface area contributed by atoms with Crippen molar-refractivity contribution in [1.82, 2.24) is 15.0 Å². The maximum absolute atomic E-state index is 11.0. The zero-order chi connectivity index (χ0) is 10.8. The van der Waals surface area contributed by atoms with Crippen molar-refractivity contribution in [1.29, 1.82) is 0 Å². The Bertz CT molecular complexity index is 456. The van der Waals surface area contributed by atoms with Gasteiger partial charge in [-0.05, 0) is 26.0 Å². The van der Waals surface area contributed by atoms with Crippen LogP contribution in [0.2, 0.25) is 0 Å². The number of ketones is 1. The van der Waals surface area contributed by atoms with Gasteiger partial charge in [0, 0.05) is 6.42 Å². The smallest absolute Gasteiger partial charge is 0.132 e. The molecule has 0 bridgehead atoms. The highest BCUT2D eigenvalue weighted by Gasteiger charge is 2.10. The molecule has 0 aliphatic carbocycles. The molecule has 0 aliphatic rings. The van der Waals surface area contributed by atoms with E-state index in [-0.39, 0.29) is 11.8 Å². The molecule has 4 heteroatoms. The van der Waals surface area contributed by atoms with E-state index in [1.807, 2.05) is 31.2 Å². The first kappa shape index (κ1) is 9.83. The van der Waals surface area contributed by atoms with Crippen LogP contribution in [0.5, 0.6) is 0 Å². The summed E-state index contributed by atoms with van der Waals surface area (Å²) in [5.74, 6) is 0.156. The van der Waals surface area contributed by atoms with Crippen LogP contribution in [-0.4, -0.2) is 20.8 Å². The summed E-state index contributed by atoms with van der Waals surface area (Å²) in [5.41, 5.74) is 1.74. The van der Waals surface area contributed by atoms with Gasteiger partial charge in [0.15, 0.2) is 0 Å². The summed E-state index contributed by atoms with van der Waals surface area (Å²) in [6.07, 6.45) is 0.473. The molecule has 0 saturated heterocycles. The SMILES string of the molecule is CC(=O)C[C@H](C)n1nc2ccccc2n1. The van der Waals surface area contributed by atoms with E-state index in [9.17, 15) is 4.79 Å². The second-order valence-electron chi connectivity index (χ2n) is 3.76. The minimum Gasteiger partial charge on any atom is -0.300 e. The molecule has 0 aliphatic heterocycles. The summed E-state index contributed by atoms with van der Waals surface area (Å²) in [4.78, 5) is 12.6. The van der Waals surface area contributed by atoms with Gasteiger partial charge >= 0.3 is 0 Å². The van der Waals surface area contributed by atoms with E-state index in [4.69, 9.17) is 0 Å². The van der Waals surface area contributed by atoms with E-state index in [1.165, 1.54) is 0 Å². The summed E-state index contributed by atoms with van der Waals surface area (Å²) >= 11 is 0. The first-order chi connectivity index (χ1) is 7.16. The number of carbonyl (C=O) groups is 1. The number of aromatic nitrogens is 3. The topological polar surface area (TPSA) is 47.8 Å². The van der Waals surface area contributed by atoms with E-state index < -0.39 is 0 Å². The van der Waals surface area contributed by atoms with E-state index in [1.54, 1.807) is 11.7 Å². The second kappa shape index (κ2) is 3.81. The molecule has 78 valence electrons. The number of hydrogen-bond donors (Lipinski definition) is 0. The average Bonchev–Trinajstić information content (AvgIpc) is 2.59. The fourth-order valence-corrected chi connectivity index (χ4v) is 1.57. The average molecular weight is 203 g/mol. The summed E-state index contributed by atoms with van der Waals surface area (Å²) in [6, 6.07) is 7.71. The molecule has 1 heterocycles. The zero-order valence-electron chi connectivity index (χ0n) is 8.84. The molecule has 15 heavy (non-hydrogen) atoms. The standard InChI is InChI=1S/C11H13N3O/c1-8(7-9(2)15)14-12-10-5-3-4-6-11(10)13-14/h3-6,8H,7H2,1-2H3/t8-/m0/s1. The number of Topliss-reactive ketones (excluding diaryl/α,β-unsaturated/α-hetero) is 1. The molecule has 0 fully saturated rings. The van der Waals surface area contributed by atoms with E-state index in [0.717, 1.165) is 11.0 Å². The molecule has 0 unspecified atom stereocenters. The number of hydrogen-bond acceptors (Lipinski definition) is 3. The molecular weight excluding hydrogens is 190 g/mol. The van der Waals surface area contributed by atoms with E-state index in [2.05, 4.69) is 10.2 Å². The van der Waals surface area contributed by atoms with Gasteiger partial charge in [0.25, 0.3) is 0 Å². The van der Waals surface area contributed by atoms with Gasteiger partial charge in [0.2, 0.25) is 0 Å². The van der Waals surface area contributed by atoms with Crippen molar-refractivity contribution >= 4 is 16.8 Å². The van der Waals surface area contributed by atoms with Crippen molar-refractivity contribution in [3.63, 3.8) is 0 Å². The molecule has 0 spiro atoms. The van der Waals surface area contributed by atoms with Gasteiger partial charge < -0.3 is 0 Å². The van der Waals surface area contributed by atoms with Crippen molar-refractivity contribution in [2.45, 2.75) is 26.3 Å². The predicted molar refractivity (Wildman–Crippen MR) is 57.5 cm³/mol. The first-order valence-corrected chi connectivity index (χ1v) is 4.98. The van der Waals surface area contributed by atoms with Gasteiger partial charge in [-0.25, -0.2) is 0 Å². The summed E-state index contributed by atoms with van der Waals surface area (Å²) in [6.45, 7) is 3.53. The molecule has 1 aromatic carbocycles. The van der Waals surface area contributed by atoms with Crippen molar-refractivity contribution < 1.29 is 4.79 Å². The van der Waals surface area contributed by atoms with Crippen LogP contribution in [0, 0.1) is 0 Å². The lowest BCUT2D eigenvalue weighted by molar-refractivity contribution is -0.117. The zero-order valence-corrected chi connectivity index (χ0v) is 8.84. The highest BCUT2D eigenvalue weighted by molar-refractivity contribution is 5.76. The Morgan fingerprint density at radius 3 is 2.33 bits per heavy atom. The first-order valence-electron chi connectivity index (χ1n) is 4.98. The van der Waals surface area contributed by atoms with Crippen LogP contribution >= 0.6 is 0 Å². The van der Waals surface area contributed by atoms with Gasteiger partial charge in [-0.15, -0.1) is 0 Å². The molecule has 2 rings (SSSR count). The van der Waals surface area contributed by atoms with Crippen molar-refractivity contribution in [3.05, 3.63) is 24.3 Å². The number of nitrogens with zero attached hydrogens (tertiary/aromatic N) is 3. The normalized spacial score (nSPS) is 12.9. The molecule has 2 aromatic rings. The van der Waals surface area contributed by atoms with Crippen molar-refractivity contribution in [2.24, 2.45) is 0 Å². The fourth-order valence-electron chi connectivity index (χ4n) is 1.57. The molecule has 0 radical (unpaired) electrons. The highest BCUT2D eigenvalue weighted by atomic mass is 16.1. The fraction of sp³-hybridized carbons (Fsp3) is 0.364. The molecule has 1 atom stereocenters. The Morgan fingerprint density at radius 2 is 1.87 bits per heavy atom. The van der Waals surface area contributed by atoms with Crippen LogP contribution in [0.4, 0.5) is 0 Å². The molecule has 0 saturated carbocycles.